The first-order valence-corrected chi connectivity index (χ1v) is 8.16. The van der Waals surface area contributed by atoms with Crippen LogP contribution in [-0.2, 0) is 20.4 Å². The summed E-state index contributed by atoms with van der Waals surface area (Å²) >= 11 is 0. The molecule has 5 nitrogen and oxygen atoms in total. The van der Waals surface area contributed by atoms with Crippen LogP contribution in [0, 0.1) is 11.6 Å². The van der Waals surface area contributed by atoms with Crippen LogP contribution in [0.4, 0.5) is 8.78 Å². The van der Waals surface area contributed by atoms with Gasteiger partial charge in [-0.25, -0.2) is 17.2 Å². The van der Waals surface area contributed by atoms with E-state index < -0.39 is 32.8 Å². The summed E-state index contributed by atoms with van der Waals surface area (Å²) in [5.74, 6) is -2.14. The fourth-order valence-electron chi connectivity index (χ4n) is 2.31. The standard InChI is InChI=1S/C14H13F2NO4S/c1-14(2)5-12(17-21-14)22(18,19)7-8-6-20-11-4-9(15)3-10(16)13(8)11/h3-4,6H,5,7H2,1-2H3. The third-order valence-corrected chi connectivity index (χ3v) is 4.97. The van der Waals surface area contributed by atoms with Gasteiger partial charge in [0, 0.05) is 24.1 Å². The maximum absolute atomic E-state index is 13.9. The van der Waals surface area contributed by atoms with E-state index in [0.717, 1.165) is 12.3 Å². The number of benzene rings is 1. The summed E-state index contributed by atoms with van der Waals surface area (Å²) in [6.45, 7) is 3.43. The van der Waals surface area contributed by atoms with E-state index in [1.165, 1.54) is 0 Å². The first kappa shape index (κ1) is 15.0. The van der Waals surface area contributed by atoms with E-state index in [4.69, 9.17) is 9.25 Å². The Balaban J connectivity index is 1.97. The highest BCUT2D eigenvalue weighted by molar-refractivity contribution is 8.05. The van der Waals surface area contributed by atoms with Crippen molar-refractivity contribution in [1.29, 1.82) is 0 Å². The summed E-state index contributed by atoms with van der Waals surface area (Å²) < 4.78 is 56.8. The van der Waals surface area contributed by atoms with Gasteiger partial charge in [0.2, 0.25) is 0 Å². The van der Waals surface area contributed by atoms with Crippen LogP contribution in [0.3, 0.4) is 0 Å². The second kappa shape index (κ2) is 4.77. The summed E-state index contributed by atoms with van der Waals surface area (Å²) in [6, 6.07) is 1.70. The Labute approximate surface area is 125 Å². The van der Waals surface area contributed by atoms with Gasteiger partial charge >= 0.3 is 0 Å². The van der Waals surface area contributed by atoms with Crippen molar-refractivity contribution in [1.82, 2.24) is 0 Å². The normalized spacial score (nSPS) is 17.5. The summed E-state index contributed by atoms with van der Waals surface area (Å²) in [7, 11) is -3.77. The van der Waals surface area contributed by atoms with E-state index in [1.54, 1.807) is 13.8 Å². The van der Waals surface area contributed by atoms with Crippen LogP contribution in [0.5, 0.6) is 0 Å². The van der Waals surface area contributed by atoms with Crippen molar-refractivity contribution in [3.63, 3.8) is 0 Å². The molecule has 3 rings (SSSR count). The molecule has 0 saturated carbocycles. The van der Waals surface area contributed by atoms with Crippen molar-refractivity contribution in [2.45, 2.75) is 31.6 Å². The minimum atomic E-state index is -3.77. The highest BCUT2D eigenvalue weighted by Crippen LogP contribution is 2.30. The van der Waals surface area contributed by atoms with Crippen molar-refractivity contribution < 1.29 is 26.5 Å². The number of sulfone groups is 1. The molecule has 0 aliphatic carbocycles. The number of oxime groups is 1. The van der Waals surface area contributed by atoms with Crippen molar-refractivity contribution in [3.8, 4) is 0 Å². The molecule has 1 aromatic carbocycles. The molecule has 0 spiro atoms. The van der Waals surface area contributed by atoms with E-state index in [0.29, 0.717) is 6.07 Å². The van der Waals surface area contributed by atoms with E-state index in [9.17, 15) is 17.2 Å². The van der Waals surface area contributed by atoms with Gasteiger partial charge in [-0.1, -0.05) is 5.16 Å². The van der Waals surface area contributed by atoms with E-state index in [2.05, 4.69) is 5.16 Å². The predicted octanol–water partition coefficient (Wildman–Crippen LogP) is 3.14. The summed E-state index contributed by atoms with van der Waals surface area (Å²) in [6.07, 6.45) is 1.26. The lowest BCUT2D eigenvalue weighted by molar-refractivity contribution is 0.0123. The van der Waals surface area contributed by atoms with Crippen molar-refractivity contribution >= 4 is 25.9 Å². The van der Waals surface area contributed by atoms with Gasteiger partial charge in [-0.3, -0.25) is 0 Å². The lowest BCUT2D eigenvalue weighted by atomic mass is 10.1. The lowest BCUT2D eigenvalue weighted by Gasteiger charge is -2.13. The summed E-state index contributed by atoms with van der Waals surface area (Å²) in [5, 5.41) is 3.47. The minimum absolute atomic E-state index is 0.0346. The predicted molar refractivity (Wildman–Crippen MR) is 76.0 cm³/mol. The second-order valence-corrected chi connectivity index (χ2v) is 7.78. The average Bonchev–Trinajstić information content (AvgIpc) is 2.93. The topological polar surface area (TPSA) is 68.9 Å². The number of rotatable bonds is 2. The molecule has 22 heavy (non-hydrogen) atoms. The SMILES string of the molecule is CC1(C)CC(S(=O)(=O)Cc2coc3cc(F)cc(F)c23)=NO1. The van der Waals surface area contributed by atoms with E-state index in [-0.39, 0.29) is 28.0 Å². The average molecular weight is 329 g/mol. The first-order valence-electron chi connectivity index (χ1n) is 6.51. The fraction of sp³-hybridized carbons (Fsp3) is 0.357. The van der Waals surface area contributed by atoms with Gasteiger partial charge in [0.15, 0.2) is 14.9 Å². The molecule has 0 unspecified atom stereocenters. The Morgan fingerprint density at radius 1 is 1.32 bits per heavy atom. The molecule has 1 aliphatic heterocycles. The molecular weight excluding hydrogens is 316 g/mol. The Hall–Kier alpha value is -1.96. The van der Waals surface area contributed by atoms with Crippen LogP contribution in [0.15, 0.2) is 28.0 Å². The molecule has 1 aliphatic rings. The van der Waals surface area contributed by atoms with Crippen LogP contribution >= 0.6 is 0 Å². The molecule has 0 saturated heterocycles. The molecule has 0 fully saturated rings. The number of fused-ring (bicyclic) bond motifs is 1. The summed E-state index contributed by atoms with van der Waals surface area (Å²) in [5.41, 5.74) is -0.595. The van der Waals surface area contributed by atoms with E-state index >= 15 is 0 Å². The zero-order valence-corrected chi connectivity index (χ0v) is 12.7. The smallest absolute Gasteiger partial charge is 0.199 e. The van der Waals surface area contributed by atoms with Gasteiger partial charge in [0.25, 0.3) is 0 Å². The van der Waals surface area contributed by atoms with Crippen LogP contribution in [0.2, 0.25) is 0 Å². The van der Waals surface area contributed by atoms with Gasteiger partial charge < -0.3 is 9.25 Å². The van der Waals surface area contributed by atoms with Crippen LogP contribution in [0.1, 0.15) is 25.8 Å². The molecule has 0 bridgehead atoms. The molecule has 0 N–H and O–H groups in total. The molecule has 2 aromatic rings. The largest absolute Gasteiger partial charge is 0.464 e. The maximum Gasteiger partial charge on any atom is 0.199 e. The van der Waals surface area contributed by atoms with E-state index in [1.807, 2.05) is 0 Å². The molecule has 8 heteroatoms. The Bertz CT molecular complexity index is 884. The summed E-state index contributed by atoms with van der Waals surface area (Å²) in [4.78, 5) is 5.05. The Morgan fingerprint density at radius 2 is 2.05 bits per heavy atom. The Kier molecular flexibility index (Phi) is 3.24. The third kappa shape index (κ3) is 2.58. The molecule has 0 amide bonds. The zero-order chi connectivity index (χ0) is 16.1. The molecule has 2 heterocycles. The molecule has 1 aromatic heterocycles. The van der Waals surface area contributed by atoms with Crippen molar-refractivity contribution in [2.75, 3.05) is 0 Å². The number of nitrogens with zero attached hydrogens (tertiary/aromatic N) is 1. The van der Waals surface area contributed by atoms with Gasteiger partial charge in [-0.05, 0) is 13.8 Å². The third-order valence-electron chi connectivity index (χ3n) is 3.34. The Morgan fingerprint density at radius 3 is 2.68 bits per heavy atom. The molecule has 0 atom stereocenters. The zero-order valence-electron chi connectivity index (χ0n) is 11.9. The van der Waals surface area contributed by atoms with Crippen LogP contribution in [0.25, 0.3) is 11.0 Å². The monoisotopic (exact) mass is 329 g/mol. The van der Waals surface area contributed by atoms with Crippen LogP contribution in [-0.4, -0.2) is 19.1 Å². The van der Waals surface area contributed by atoms with Crippen molar-refractivity contribution in [3.05, 3.63) is 35.6 Å². The van der Waals surface area contributed by atoms with Gasteiger partial charge in [-0.15, -0.1) is 0 Å². The first-order chi connectivity index (χ1) is 10.2. The molecular formula is C14H13F2NO4S. The highest BCUT2D eigenvalue weighted by atomic mass is 32.2. The highest BCUT2D eigenvalue weighted by Gasteiger charge is 2.36. The van der Waals surface area contributed by atoms with Gasteiger partial charge in [0.05, 0.1) is 17.4 Å². The fourth-order valence-corrected chi connectivity index (χ4v) is 3.82. The number of hydrogen-bond donors (Lipinski definition) is 0. The number of hydrogen-bond acceptors (Lipinski definition) is 5. The quantitative estimate of drug-likeness (QED) is 0.849. The second-order valence-electron chi connectivity index (χ2n) is 5.79. The molecule has 0 radical (unpaired) electrons. The number of halogens is 2. The van der Waals surface area contributed by atoms with Gasteiger partial charge in [-0.2, -0.15) is 0 Å². The van der Waals surface area contributed by atoms with Crippen molar-refractivity contribution in [2.24, 2.45) is 5.16 Å². The minimum Gasteiger partial charge on any atom is -0.464 e. The molecule has 118 valence electrons. The van der Waals surface area contributed by atoms with Crippen LogP contribution < -0.4 is 0 Å². The lowest BCUT2D eigenvalue weighted by Crippen LogP contribution is -2.23. The maximum atomic E-state index is 13.9. The van der Waals surface area contributed by atoms with Gasteiger partial charge in [0.1, 0.15) is 22.8 Å². The number of furan rings is 1.